The molecule has 0 aromatic carbocycles. The lowest BCUT2D eigenvalue weighted by atomic mass is 10.3. The van der Waals surface area contributed by atoms with E-state index in [0.29, 0.717) is 6.54 Å². The molecule has 0 amide bonds. The highest BCUT2D eigenvalue weighted by atomic mass is 16.3. The van der Waals surface area contributed by atoms with Crippen LogP contribution >= 0.6 is 0 Å². The molecule has 1 rings (SSSR count). The predicted octanol–water partition coefficient (Wildman–Crippen LogP) is 0.696. The minimum atomic E-state index is 0.448. The average Bonchev–Trinajstić information content (AvgIpc) is 2.33. The van der Waals surface area contributed by atoms with Gasteiger partial charge in [0, 0.05) is 0 Å². The van der Waals surface area contributed by atoms with E-state index in [2.05, 4.69) is 4.98 Å². The molecule has 2 N–H and O–H groups in total. The van der Waals surface area contributed by atoms with Gasteiger partial charge in [0.2, 0.25) is 0 Å². The van der Waals surface area contributed by atoms with Gasteiger partial charge in [-0.1, -0.05) is 6.92 Å². The monoisotopic (exact) mass is 126 g/mol. The maximum absolute atomic E-state index is 5.34. The first-order valence-electron chi connectivity index (χ1n) is 2.99. The molecule has 1 aromatic rings. The molecule has 3 nitrogen and oxygen atoms in total. The van der Waals surface area contributed by atoms with E-state index >= 15 is 0 Å². The first-order chi connectivity index (χ1) is 4.38. The Morgan fingerprint density at radius 2 is 2.56 bits per heavy atom. The maximum Gasteiger partial charge on any atom is 0.181 e. The van der Waals surface area contributed by atoms with Gasteiger partial charge in [-0.2, -0.15) is 0 Å². The van der Waals surface area contributed by atoms with E-state index in [9.17, 15) is 0 Å². The Morgan fingerprint density at radius 3 is 3.00 bits per heavy atom. The minimum absolute atomic E-state index is 0.448. The maximum atomic E-state index is 5.34. The van der Waals surface area contributed by atoms with E-state index in [1.54, 1.807) is 0 Å². The average molecular weight is 126 g/mol. The van der Waals surface area contributed by atoms with Gasteiger partial charge in [0.25, 0.3) is 0 Å². The number of rotatable bonds is 2. The summed E-state index contributed by atoms with van der Waals surface area (Å²) in [5.41, 5.74) is 6.31. The number of hydrogen-bond donors (Lipinski definition) is 1. The lowest BCUT2D eigenvalue weighted by Crippen LogP contribution is -1.97. The molecule has 9 heavy (non-hydrogen) atoms. The zero-order valence-corrected chi connectivity index (χ0v) is 5.42. The van der Waals surface area contributed by atoms with Gasteiger partial charge in [-0.05, 0) is 6.42 Å². The smallest absolute Gasteiger partial charge is 0.181 e. The molecule has 0 radical (unpaired) electrons. The summed E-state index contributed by atoms with van der Waals surface area (Å²) in [7, 11) is 0. The van der Waals surface area contributed by atoms with Crippen molar-refractivity contribution in [2.75, 3.05) is 0 Å². The van der Waals surface area contributed by atoms with Crippen LogP contribution in [0.2, 0.25) is 0 Å². The van der Waals surface area contributed by atoms with Crippen LogP contribution in [0.1, 0.15) is 18.4 Å². The van der Waals surface area contributed by atoms with Gasteiger partial charge in [-0.3, -0.25) is 0 Å². The molecule has 0 aliphatic carbocycles. The van der Waals surface area contributed by atoms with Crippen molar-refractivity contribution in [1.29, 1.82) is 0 Å². The Hall–Kier alpha value is -0.830. The molecule has 0 fully saturated rings. The summed E-state index contributed by atoms with van der Waals surface area (Å²) in [5.74, 6) is 0.803. The SMILES string of the molecule is CCc1ncoc1CN. The van der Waals surface area contributed by atoms with E-state index in [1.165, 1.54) is 6.39 Å². The summed E-state index contributed by atoms with van der Waals surface area (Å²) in [6, 6.07) is 0. The van der Waals surface area contributed by atoms with E-state index in [1.807, 2.05) is 6.92 Å². The van der Waals surface area contributed by atoms with Crippen LogP contribution < -0.4 is 5.73 Å². The second-order valence-corrected chi connectivity index (χ2v) is 1.78. The van der Waals surface area contributed by atoms with Crippen molar-refractivity contribution in [2.24, 2.45) is 5.73 Å². The van der Waals surface area contributed by atoms with Gasteiger partial charge >= 0.3 is 0 Å². The number of aromatic nitrogens is 1. The molecular weight excluding hydrogens is 116 g/mol. The zero-order chi connectivity index (χ0) is 6.69. The topological polar surface area (TPSA) is 52.0 Å². The Morgan fingerprint density at radius 1 is 1.78 bits per heavy atom. The van der Waals surface area contributed by atoms with Crippen molar-refractivity contribution in [1.82, 2.24) is 4.98 Å². The van der Waals surface area contributed by atoms with Crippen molar-refractivity contribution >= 4 is 0 Å². The second-order valence-electron chi connectivity index (χ2n) is 1.78. The Kier molecular flexibility index (Phi) is 1.85. The molecule has 0 saturated carbocycles. The lowest BCUT2D eigenvalue weighted by molar-refractivity contribution is 0.503. The van der Waals surface area contributed by atoms with Crippen LogP contribution in [0.3, 0.4) is 0 Å². The summed E-state index contributed by atoms with van der Waals surface area (Å²) in [6.45, 7) is 2.47. The fraction of sp³-hybridized carbons (Fsp3) is 0.500. The first kappa shape index (κ1) is 6.29. The first-order valence-corrected chi connectivity index (χ1v) is 2.99. The van der Waals surface area contributed by atoms with Gasteiger partial charge < -0.3 is 10.2 Å². The fourth-order valence-electron chi connectivity index (χ4n) is 0.748. The molecule has 0 saturated heterocycles. The highest BCUT2D eigenvalue weighted by Crippen LogP contribution is 2.04. The number of aryl methyl sites for hydroxylation is 1. The van der Waals surface area contributed by atoms with E-state index in [4.69, 9.17) is 10.2 Å². The molecule has 0 aliphatic heterocycles. The normalized spacial score (nSPS) is 10.0. The molecule has 3 heteroatoms. The van der Waals surface area contributed by atoms with Crippen molar-refractivity contribution in [3.63, 3.8) is 0 Å². The number of nitrogens with zero attached hydrogens (tertiary/aromatic N) is 1. The standard InChI is InChI=1S/C6H10N2O/c1-2-5-6(3-7)9-4-8-5/h4H,2-3,7H2,1H3. The highest BCUT2D eigenvalue weighted by Gasteiger charge is 2.01. The summed E-state index contributed by atoms with van der Waals surface area (Å²) < 4.78 is 4.97. The van der Waals surface area contributed by atoms with Crippen LogP contribution in [0.5, 0.6) is 0 Å². The molecule has 0 aliphatic rings. The molecule has 50 valence electrons. The third-order valence-corrected chi connectivity index (χ3v) is 1.25. The third kappa shape index (κ3) is 1.10. The van der Waals surface area contributed by atoms with Crippen LogP contribution in [0.25, 0.3) is 0 Å². The van der Waals surface area contributed by atoms with Gasteiger partial charge in [0.15, 0.2) is 6.39 Å². The van der Waals surface area contributed by atoms with Crippen LogP contribution in [0.4, 0.5) is 0 Å². The highest BCUT2D eigenvalue weighted by molar-refractivity contribution is 5.05. The van der Waals surface area contributed by atoms with E-state index in [0.717, 1.165) is 17.9 Å². The van der Waals surface area contributed by atoms with Crippen molar-refractivity contribution in [3.05, 3.63) is 17.8 Å². The van der Waals surface area contributed by atoms with Gasteiger partial charge in [0.05, 0.1) is 12.2 Å². The van der Waals surface area contributed by atoms with Crippen molar-refractivity contribution in [3.8, 4) is 0 Å². The molecule has 1 aromatic heterocycles. The van der Waals surface area contributed by atoms with Gasteiger partial charge in [0.1, 0.15) is 5.76 Å². The summed E-state index contributed by atoms with van der Waals surface area (Å²) >= 11 is 0. The molecule has 0 spiro atoms. The largest absolute Gasteiger partial charge is 0.447 e. The third-order valence-electron chi connectivity index (χ3n) is 1.25. The summed E-state index contributed by atoms with van der Waals surface area (Å²) in [6.07, 6.45) is 2.32. The van der Waals surface area contributed by atoms with Crippen LogP contribution in [-0.4, -0.2) is 4.98 Å². The zero-order valence-electron chi connectivity index (χ0n) is 5.42. The molecule has 0 atom stereocenters. The quantitative estimate of drug-likeness (QED) is 0.634. The minimum Gasteiger partial charge on any atom is -0.447 e. The van der Waals surface area contributed by atoms with E-state index in [-0.39, 0.29) is 0 Å². The van der Waals surface area contributed by atoms with Gasteiger partial charge in [-0.15, -0.1) is 0 Å². The molecular formula is C6H10N2O. The Bertz CT molecular complexity index is 164. The van der Waals surface area contributed by atoms with Crippen molar-refractivity contribution < 1.29 is 4.42 Å². The number of nitrogens with two attached hydrogens (primary N) is 1. The van der Waals surface area contributed by atoms with Crippen LogP contribution in [-0.2, 0) is 13.0 Å². The molecule has 0 unspecified atom stereocenters. The van der Waals surface area contributed by atoms with E-state index < -0.39 is 0 Å². The Balaban J connectivity index is 2.85. The van der Waals surface area contributed by atoms with Crippen LogP contribution in [0.15, 0.2) is 10.8 Å². The van der Waals surface area contributed by atoms with Gasteiger partial charge in [-0.25, -0.2) is 4.98 Å². The molecule has 0 bridgehead atoms. The summed E-state index contributed by atoms with van der Waals surface area (Å²) in [5, 5.41) is 0. The lowest BCUT2D eigenvalue weighted by Gasteiger charge is -1.89. The van der Waals surface area contributed by atoms with Crippen molar-refractivity contribution in [2.45, 2.75) is 19.9 Å². The predicted molar refractivity (Wildman–Crippen MR) is 33.8 cm³/mol. The summed E-state index contributed by atoms with van der Waals surface area (Å²) in [4.78, 5) is 3.96. The Labute approximate surface area is 53.9 Å². The number of hydrogen-bond acceptors (Lipinski definition) is 3. The molecule has 1 heterocycles. The number of oxazole rings is 1. The van der Waals surface area contributed by atoms with Crippen LogP contribution in [0, 0.1) is 0 Å². The second kappa shape index (κ2) is 2.64. The fourth-order valence-corrected chi connectivity index (χ4v) is 0.748.